The highest BCUT2D eigenvalue weighted by Crippen LogP contribution is 2.40. The first-order valence-electron chi connectivity index (χ1n) is 11.8. The van der Waals surface area contributed by atoms with E-state index in [0.29, 0.717) is 6.61 Å². The molecule has 37 heavy (non-hydrogen) atoms. The molecule has 0 saturated heterocycles. The van der Waals surface area contributed by atoms with Crippen LogP contribution in [-0.4, -0.2) is 47.7 Å². The predicted molar refractivity (Wildman–Crippen MR) is 140 cm³/mol. The lowest BCUT2D eigenvalue weighted by Crippen LogP contribution is -2.24. The van der Waals surface area contributed by atoms with E-state index in [0.717, 1.165) is 42.5 Å². The summed E-state index contributed by atoms with van der Waals surface area (Å²) < 4.78 is 37.1. The molecule has 190 valence electrons. The molecule has 3 N–H and O–H groups in total. The van der Waals surface area contributed by atoms with Gasteiger partial charge in [0.15, 0.2) is 0 Å². The number of methoxy groups -OCH3 is 1. The van der Waals surface area contributed by atoms with Crippen LogP contribution in [0.5, 0.6) is 0 Å². The number of hydrogen-bond acceptors (Lipinski definition) is 6. The van der Waals surface area contributed by atoms with Crippen LogP contribution >= 0.6 is 0 Å². The number of H-pyrrole nitrogens is 1. The number of ether oxygens (including phenoxy) is 1. The number of rotatable bonds is 9. The van der Waals surface area contributed by atoms with Crippen molar-refractivity contribution < 1.29 is 18.3 Å². The zero-order valence-corrected chi connectivity index (χ0v) is 20.2. The fraction of sp³-hybridized carbons (Fsp3) is 0.222. The van der Waals surface area contributed by atoms with Gasteiger partial charge >= 0.3 is 5.92 Å². The summed E-state index contributed by atoms with van der Waals surface area (Å²) in [4.78, 5) is 25.6. The van der Waals surface area contributed by atoms with E-state index in [1.165, 1.54) is 30.3 Å². The molecule has 10 heteroatoms. The van der Waals surface area contributed by atoms with Gasteiger partial charge in [-0.2, -0.15) is 13.8 Å². The predicted octanol–water partition coefficient (Wildman–Crippen LogP) is 4.98. The second-order valence-electron chi connectivity index (χ2n) is 8.64. The summed E-state index contributed by atoms with van der Waals surface area (Å²) in [6.07, 6.45) is 3.43. The molecule has 1 aliphatic heterocycles. The van der Waals surface area contributed by atoms with Gasteiger partial charge in [-0.25, -0.2) is 4.98 Å². The number of halogens is 2. The third-order valence-electron chi connectivity index (χ3n) is 6.33. The lowest BCUT2D eigenvalue weighted by Gasteiger charge is -2.20. The summed E-state index contributed by atoms with van der Waals surface area (Å²) in [5.41, 5.74) is 2.69. The van der Waals surface area contributed by atoms with Crippen LogP contribution in [0.15, 0.2) is 67.4 Å². The van der Waals surface area contributed by atoms with Gasteiger partial charge in [0.1, 0.15) is 11.3 Å². The molecular weight excluding hydrogens is 478 g/mol. The first kappa shape index (κ1) is 24.4. The minimum atomic E-state index is -3.47. The average Bonchev–Trinajstić information content (AvgIpc) is 3.54. The Hall–Kier alpha value is -4.31. The van der Waals surface area contributed by atoms with Crippen LogP contribution in [0.25, 0.3) is 11.0 Å². The van der Waals surface area contributed by atoms with Crippen molar-refractivity contribution in [3.63, 3.8) is 0 Å². The van der Waals surface area contributed by atoms with Crippen LogP contribution < -0.4 is 15.5 Å². The fourth-order valence-electron chi connectivity index (χ4n) is 4.53. The maximum atomic E-state index is 15.9. The van der Waals surface area contributed by atoms with Crippen LogP contribution in [0.4, 0.5) is 31.8 Å². The molecule has 0 radical (unpaired) electrons. The fourth-order valence-corrected chi connectivity index (χ4v) is 4.53. The smallest absolute Gasteiger partial charge is 0.315 e. The summed E-state index contributed by atoms with van der Waals surface area (Å²) in [5, 5.41) is 5.90. The maximum Gasteiger partial charge on any atom is 0.315 e. The molecule has 0 spiro atoms. The number of aromatic amines is 1. The molecule has 1 amide bonds. The Morgan fingerprint density at radius 1 is 1.24 bits per heavy atom. The maximum absolute atomic E-state index is 15.9. The lowest BCUT2D eigenvalue weighted by molar-refractivity contribution is -0.111. The highest BCUT2D eigenvalue weighted by atomic mass is 19.3. The molecule has 0 saturated carbocycles. The van der Waals surface area contributed by atoms with E-state index >= 15 is 8.78 Å². The van der Waals surface area contributed by atoms with E-state index in [-0.39, 0.29) is 28.2 Å². The Kier molecular flexibility index (Phi) is 6.58. The molecule has 0 aliphatic carbocycles. The van der Waals surface area contributed by atoms with Crippen molar-refractivity contribution in [3.05, 3.63) is 84.2 Å². The molecule has 0 bridgehead atoms. The van der Waals surface area contributed by atoms with Crippen molar-refractivity contribution in [1.29, 1.82) is 0 Å². The lowest BCUT2D eigenvalue weighted by atomic mass is 10.0. The average molecular weight is 505 g/mol. The van der Waals surface area contributed by atoms with Gasteiger partial charge in [-0.3, -0.25) is 4.79 Å². The SMILES string of the molecule is C=CC(=O)Nc1cccc(C(F)(F)c2nc(Nc3cccc4c3CCN4CCOC)nc3[nH]ccc23)c1. The first-order chi connectivity index (χ1) is 17.9. The highest BCUT2D eigenvalue weighted by Gasteiger charge is 2.39. The Balaban J connectivity index is 1.51. The van der Waals surface area contributed by atoms with Gasteiger partial charge in [-0.1, -0.05) is 24.8 Å². The van der Waals surface area contributed by atoms with Gasteiger partial charge in [0.2, 0.25) is 11.9 Å². The largest absolute Gasteiger partial charge is 0.383 e. The van der Waals surface area contributed by atoms with E-state index in [9.17, 15) is 4.79 Å². The molecule has 1 aliphatic rings. The van der Waals surface area contributed by atoms with Crippen LogP contribution in [0.1, 0.15) is 16.8 Å². The highest BCUT2D eigenvalue weighted by molar-refractivity contribution is 5.98. The Morgan fingerprint density at radius 2 is 2.08 bits per heavy atom. The number of amides is 1. The van der Waals surface area contributed by atoms with E-state index in [1.807, 2.05) is 18.2 Å². The van der Waals surface area contributed by atoms with Crippen molar-refractivity contribution >= 4 is 40.0 Å². The molecule has 0 fully saturated rings. The van der Waals surface area contributed by atoms with Crippen LogP contribution in [0.3, 0.4) is 0 Å². The molecule has 2 aromatic heterocycles. The minimum Gasteiger partial charge on any atom is -0.383 e. The third-order valence-corrected chi connectivity index (χ3v) is 6.33. The summed E-state index contributed by atoms with van der Waals surface area (Å²) in [6.45, 7) is 5.61. The van der Waals surface area contributed by atoms with Gasteiger partial charge in [0.25, 0.3) is 0 Å². The number of alkyl halides is 2. The second-order valence-corrected chi connectivity index (χ2v) is 8.64. The van der Waals surface area contributed by atoms with E-state index in [4.69, 9.17) is 4.74 Å². The Bertz CT molecular complexity index is 1470. The number of fused-ring (bicyclic) bond motifs is 2. The summed E-state index contributed by atoms with van der Waals surface area (Å²) in [5.74, 6) is -3.90. The van der Waals surface area contributed by atoms with Crippen molar-refractivity contribution in [1.82, 2.24) is 15.0 Å². The van der Waals surface area contributed by atoms with Crippen molar-refractivity contribution in [2.24, 2.45) is 0 Å². The van der Waals surface area contributed by atoms with Crippen molar-refractivity contribution in [3.8, 4) is 0 Å². The van der Waals surface area contributed by atoms with Gasteiger partial charge in [-0.05, 0) is 42.8 Å². The number of nitrogens with one attached hydrogen (secondary N) is 3. The van der Waals surface area contributed by atoms with E-state index in [1.54, 1.807) is 13.3 Å². The second kappa shape index (κ2) is 9.98. The normalized spacial score (nSPS) is 13.0. The number of nitrogens with zero attached hydrogens (tertiary/aromatic N) is 3. The standard InChI is InChI=1S/C27H26F2N6O2/c1-3-23(36)31-18-7-4-6-17(16-18)27(28,29)24-20-10-12-30-25(20)34-26(33-24)32-21-8-5-9-22-19(21)11-13-35(22)14-15-37-2/h3-10,12,16H,1,11,13-15H2,2H3,(H,31,36)(H2,30,32,33,34). The van der Waals surface area contributed by atoms with Gasteiger partial charge in [0, 0.05) is 60.0 Å². The van der Waals surface area contributed by atoms with Crippen LogP contribution in [-0.2, 0) is 21.9 Å². The number of anilines is 4. The van der Waals surface area contributed by atoms with E-state index in [2.05, 4.69) is 37.1 Å². The van der Waals surface area contributed by atoms with Gasteiger partial charge in [0.05, 0.1) is 6.61 Å². The number of benzene rings is 2. The zero-order chi connectivity index (χ0) is 26.0. The molecule has 0 unspecified atom stereocenters. The number of carbonyl (C=O) groups excluding carboxylic acids is 1. The van der Waals surface area contributed by atoms with Gasteiger partial charge < -0.3 is 25.3 Å². The third kappa shape index (κ3) is 4.75. The molecule has 8 nitrogen and oxygen atoms in total. The molecule has 0 atom stereocenters. The number of carbonyl (C=O) groups is 1. The quantitative estimate of drug-likeness (QED) is 0.279. The summed E-state index contributed by atoms with van der Waals surface area (Å²) >= 11 is 0. The monoisotopic (exact) mass is 504 g/mol. The molecule has 4 aromatic rings. The molecule has 2 aromatic carbocycles. The van der Waals surface area contributed by atoms with Gasteiger partial charge in [-0.15, -0.1) is 0 Å². The summed E-state index contributed by atoms with van der Waals surface area (Å²) in [6, 6.07) is 12.9. The molecule has 5 rings (SSSR count). The topological polar surface area (TPSA) is 95.2 Å². The van der Waals surface area contributed by atoms with Crippen LogP contribution in [0, 0.1) is 0 Å². The first-order valence-corrected chi connectivity index (χ1v) is 11.8. The van der Waals surface area contributed by atoms with Crippen molar-refractivity contribution in [2.75, 3.05) is 42.3 Å². The molecular formula is C27H26F2N6O2. The van der Waals surface area contributed by atoms with E-state index < -0.39 is 17.5 Å². The zero-order valence-electron chi connectivity index (χ0n) is 20.2. The van der Waals surface area contributed by atoms with Crippen LogP contribution in [0.2, 0.25) is 0 Å². The summed E-state index contributed by atoms with van der Waals surface area (Å²) in [7, 11) is 1.67. The Labute approximate surface area is 212 Å². The number of aromatic nitrogens is 3. The number of hydrogen-bond donors (Lipinski definition) is 3. The van der Waals surface area contributed by atoms with Crippen molar-refractivity contribution in [2.45, 2.75) is 12.3 Å². The Morgan fingerprint density at radius 3 is 2.89 bits per heavy atom. The minimum absolute atomic E-state index is 0.0597. The molecule has 3 heterocycles.